The number of aryl methyl sites for hydroxylation is 1. The van der Waals surface area contributed by atoms with Gasteiger partial charge in [-0.05, 0) is 43.2 Å². The standard InChI is InChI=1S/C13H21N3O/c1-10-6-12(9-15-8-10)13(16-14)7-11-2-4-17-5-3-11/h6,8-9,11,13,16H,2-5,7,14H2,1H3. The Hall–Kier alpha value is -0.970. The zero-order valence-electron chi connectivity index (χ0n) is 10.4. The van der Waals surface area contributed by atoms with Crippen LogP contribution in [0.2, 0.25) is 0 Å². The van der Waals surface area contributed by atoms with Crippen LogP contribution >= 0.6 is 0 Å². The van der Waals surface area contributed by atoms with Gasteiger partial charge in [-0.15, -0.1) is 0 Å². The van der Waals surface area contributed by atoms with Crippen molar-refractivity contribution in [2.45, 2.75) is 32.2 Å². The molecule has 1 unspecified atom stereocenters. The van der Waals surface area contributed by atoms with Crippen molar-refractivity contribution in [2.75, 3.05) is 13.2 Å². The number of hydrogen-bond donors (Lipinski definition) is 2. The summed E-state index contributed by atoms with van der Waals surface area (Å²) in [5.74, 6) is 6.36. The first-order chi connectivity index (χ1) is 8.29. The second kappa shape index (κ2) is 6.10. The summed E-state index contributed by atoms with van der Waals surface area (Å²) >= 11 is 0. The second-order valence-electron chi connectivity index (χ2n) is 4.81. The van der Waals surface area contributed by atoms with Crippen molar-refractivity contribution >= 4 is 0 Å². The number of nitrogens with zero attached hydrogens (tertiary/aromatic N) is 1. The third-order valence-electron chi connectivity index (χ3n) is 3.41. The van der Waals surface area contributed by atoms with E-state index in [1.165, 1.54) is 11.1 Å². The van der Waals surface area contributed by atoms with E-state index in [-0.39, 0.29) is 6.04 Å². The van der Waals surface area contributed by atoms with Gasteiger partial charge in [0.15, 0.2) is 0 Å². The van der Waals surface area contributed by atoms with Crippen LogP contribution in [0, 0.1) is 12.8 Å². The Balaban J connectivity index is 2.00. The van der Waals surface area contributed by atoms with Crippen LogP contribution in [-0.4, -0.2) is 18.2 Å². The lowest BCUT2D eigenvalue weighted by atomic mass is 9.90. The number of aromatic nitrogens is 1. The van der Waals surface area contributed by atoms with E-state index in [1.54, 1.807) is 0 Å². The summed E-state index contributed by atoms with van der Waals surface area (Å²) in [7, 11) is 0. The molecule has 17 heavy (non-hydrogen) atoms. The molecule has 94 valence electrons. The van der Waals surface area contributed by atoms with E-state index in [9.17, 15) is 0 Å². The van der Waals surface area contributed by atoms with Gasteiger partial charge in [-0.2, -0.15) is 0 Å². The lowest BCUT2D eigenvalue weighted by Crippen LogP contribution is -2.31. The molecule has 1 aromatic rings. The Morgan fingerprint density at radius 3 is 2.88 bits per heavy atom. The average Bonchev–Trinajstić information content (AvgIpc) is 2.37. The molecule has 0 bridgehead atoms. The number of ether oxygens (including phenoxy) is 1. The first-order valence-electron chi connectivity index (χ1n) is 6.25. The van der Waals surface area contributed by atoms with E-state index in [4.69, 9.17) is 10.6 Å². The minimum Gasteiger partial charge on any atom is -0.381 e. The van der Waals surface area contributed by atoms with Crippen molar-refractivity contribution in [3.63, 3.8) is 0 Å². The molecule has 0 aromatic carbocycles. The van der Waals surface area contributed by atoms with Gasteiger partial charge in [-0.3, -0.25) is 16.3 Å². The molecule has 2 heterocycles. The van der Waals surface area contributed by atoms with E-state index in [2.05, 4.69) is 23.4 Å². The summed E-state index contributed by atoms with van der Waals surface area (Å²) in [5.41, 5.74) is 5.27. The van der Waals surface area contributed by atoms with Crippen LogP contribution in [0.1, 0.15) is 36.4 Å². The molecule has 1 aliphatic heterocycles. The number of rotatable bonds is 4. The summed E-state index contributed by atoms with van der Waals surface area (Å²) < 4.78 is 5.38. The van der Waals surface area contributed by atoms with Crippen molar-refractivity contribution in [1.82, 2.24) is 10.4 Å². The predicted octanol–water partition coefficient (Wildman–Crippen LogP) is 1.71. The maximum atomic E-state index is 5.66. The van der Waals surface area contributed by atoms with Gasteiger partial charge in [-0.25, -0.2) is 0 Å². The molecule has 2 rings (SSSR count). The third-order valence-corrected chi connectivity index (χ3v) is 3.41. The van der Waals surface area contributed by atoms with Crippen molar-refractivity contribution in [3.05, 3.63) is 29.6 Å². The highest BCUT2D eigenvalue weighted by Crippen LogP contribution is 2.27. The van der Waals surface area contributed by atoms with Crippen LogP contribution < -0.4 is 11.3 Å². The van der Waals surface area contributed by atoms with Gasteiger partial charge < -0.3 is 4.74 Å². The van der Waals surface area contributed by atoms with Crippen molar-refractivity contribution < 1.29 is 4.74 Å². The largest absolute Gasteiger partial charge is 0.381 e. The van der Waals surface area contributed by atoms with Crippen molar-refractivity contribution in [2.24, 2.45) is 11.8 Å². The van der Waals surface area contributed by atoms with E-state index in [0.717, 1.165) is 32.5 Å². The normalized spacial score (nSPS) is 19.2. The van der Waals surface area contributed by atoms with Crippen LogP contribution in [-0.2, 0) is 4.74 Å². The Labute approximate surface area is 103 Å². The fraction of sp³-hybridized carbons (Fsp3) is 0.615. The number of hydrazine groups is 1. The Bertz CT molecular complexity index is 350. The molecule has 1 fully saturated rings. The van der Waals surface area contributed by atoms with Crippen molar-refractivity contribution in [3.8, 4) is 0 Å². The molecular formula is C13H21N3O. The molecular weight excluding hydrogens is 214 g/mol. The highest BCUT2D eigenvalue weighted by atomic mass is 16.5. The fourth-order valence-electron chi connectivity index (χ4n) is 2.38. The summed E-state index contributed by atoms with van der Waals surface area (Å²) in [6.45, 7) is 3.82. The van der Waals surface area contributed by atoms with Crippen LogP contribution in [0.3, 0.4) is 0 Å². The van der Waals surface area contributed by atoms with Gasteiger partial charge in [0.25, 0.3) is 0 Å². The van der Waals surface area contributed by atoms with Crippen molar-refractivity contribution in [1.29, 1.82) is 0 Å². The molecule has 1 aliphatic rings. The lowest BCUT2D eigenvalue weighted by Gasteiger charge is -2.26. The third kappa shape index (κ3) is 3.49. The first-order valence-corrected chi connectivity index (χ1v) is 6.25. The zero-order chi connectivity index (χ0) is 12.1. The fourth-order valence-corrected chi connectivity index (χ4v) is 2.38. The summed E-state index contributed by atoms with van der Waals surface area (Å²) in [4.78, 5) is 4.23. The first kappa shape index (κ1) is 12.5. The monoisotopic (exact) mass is 235 g/mol. The van der Waals surface area contributed by atoms with E-state index >= 15 is 0 Å². The highest BCUT2D eigenvalue weighted by molar-refractivity contribution is 5.20. The molecule has 1 saturated heterocycles. The SMILES string of the molecule is Cc1cncc(C(CC2CCOCC2)NN)c1. The molecule has 4 nitrogen and oxygen atoms in total. The zero-order valence-corrected chi connectivity index (χ0v) is 10.4. The molecule has 1 aromatic heterocycles. The van der Waals surface area contributed by atoms with Crippen LogP contribution in [0.4, 0.5) is 0 Å². The molecule has 1 atom stereocenters. The van der Waals surface area contributed by atoms with E-state index < -0.39 is 0 Å². The van der Waals surface area contributed by atoms with E-state index in [1.807, 2.05) is 12.4 Å². The smallest absolute Gasteiger partial charge is 0.0478 e. The van der Waals surface area contributed by atoms with Gasteiger partial charge in [0, 0.05) is 31.6 Å². The topological polar surface area (TPSA) is 60.2 Å². The molecule has 0 aliphatic carbocycles. The maximum Gasteiger partial charge on any atom is 0.0478 e. The van der Waals surface area contributed by atoms with Gasteiger partial charge >= 0.3 is 0 Å². The van der Waals surface area contributed by atoms with Gasteiger partial charge in [-0.1, -0.05) is 6.07 Å². The predicted molar refractivity (Wildman–Crippen MR) is 67.2 cm³/mol. The van der Waals surface area contributed by atoms with Crippen LogP contribution in [0.25, 0.3) is 0 Å². The molecule has 0 saturated carbocycles. The number of nitrogens with one attached hydrogen (secondary N) is 1. The summed E-state index contributed by atoms with van der Waals surface area (Å²) in [6.07, 6.45) is 7.10. The minimum absolute atomic E-state index is 0.200. The van der Waals surface area contributed by atoms with Crippen LogP contribution in [0.5, 0.6) is 0 Å². The van der Waals surface area contributed by atoms with Crippen LogP contribution in [0.15, 0.2) is 18.5 Å². The number of pyridine rings is 1. The van der Waals surface area contributed by atoms with E-state index in [0.29, 0.717) is 5.92 Å². The molecule has 0 amide bonds. The molecule has 0 radical (unpaired) electrons. The summed E-state index contributed by atoms with van der Waals surface area (Å²) in [5, 5.41) is 0. The minimum atomic E-state index is 0.200. The second-order valence-corrected chi connectivity index (χ2v) is 4.81. The Kier molecular flexibility index (Phi) is 4.48. The molecule has 4 heteroatoms. The number of nitrogens with two attached hydrogens (primary N) is 1. The Morgan fingerprint density at radius 1 is 1.47 bits per heavy atom. The highest BCUT2D eigenvalue weighted by Gasteiger charge is 2.19. The van der Waals surface area contributed by atoms with Gasteiger partial charge in [0.2, 0.25) is 0 Å². The maximum absolute atomic E-state index is 5.66. The quantitative estimate of drug-likeness (QED) is 0.616. The van der Waals surface area contributed by atoms with Gasteiger partial charge in [0.05, 0.1) is 0 Å². The molecule has 3 N–H and O–H groups in total. The Morgan fingerprint density at radius 2 is 2.24 bits per heavy atom. The lowest BCUT2D eigenvalue weighted by molar-refractivity contribution is 0.0605. The van der Waals surface area contributed by atoms with Gasteiger partial charge in [0.1, 0.15) is 0 Å². The summed E-state index contributed by atoms with van der Waals surface area (Å²) in [6, 6.07) is 2.35. The molecule has 0 spiro atoms. The number of hydrogen-bond acceptors (Lipinski definition) is 4. The average molecular weight is 235 g/mol.